The Morgan fingerprint density at radius 1 is 0.929 bits per heavy atom. The zero-order valence-corrected chi connectivity index (χ0v) is 13.8. The van der Waals surface area contributed by atoms with E-state index in [1.807, 2.05) is 0 Å². The molecule has 0 aliphatic heterocycles. The predicted octanol–water partition coefficient (Wildman–Crippen LogP) is 4.33. The number of rotatable bonds is 0. The molecule has 3 heteroatoms. The van der Waals surface area contributed by atoms with Gasteiger partial charge in [-0.25, -0.2) is 0 Å². The van der Waals surface area contributed by atoms with Crippen molar-refractivity contribution >= 4 is 6.41 Å². The van der Waals surface area contributed by atoms with Crippen LogP contribution < -0.4 is 0 Å². The molecule has 0 aromatic carbocycles. The Hall–Kier alpha value is 0.210. The van der Waals surface area contributed by atoms with Gasteiger partial charge in [0.2, 0.25) is 0 Å². The Bertz CT molecular complexity index is 39.5. The normalized spacial score (nSPS) is 4.71. The van der Waals surface area contributed by atoms with Crippen LogP contribution in [0.1, 0.15) is 41.5 Å². The van der Waals surface area contributed by atoms with Gasteiger partial charge in [0.25, 0.3) is 0 Å². The predicted molar refractivity (Wildman–Crippen MR) is 63.7 cm³/mol. The van der Waals surface area contributed by atoms with Crippen LogP contribution in [0.15, 0.2) is 0 Å². The van der Waals surface area contributed by atoms with Crippen LogP contribution in [0.25, 0.3) is 5.73 Å². The molecule has 0 unspecified atom stereocenters. The second-order valence-corrected chi connectivity index (χ2v) is 1.62. The number of hydrogen-bond acceptors (Lipinski definition) is 1. The molecular weight excluding hydrogens is 343 g/mol. The molecule has 0 aromatic rings. The Balaban J connectivity index is -0.0000000146. The fourth-order valence-electron chi connectivity index (χ4n) is 0. The van der Waals surface area contributed by atoms with E-state index >= 15 is 0 Å². The molecule has 0 spiro atoms. The topological polar surface area (TPSA) is 40.9 Å². The van der Waals surface area contributed by atoms with E-state index in [2.05, 4.69) is 41.5 Å². The molecule has 0 aliphatic rings. The van der Waals surface area contributed by atoms with Crippen LogP contribution in [-0.2, 0) is 27.2 Å². The average molecular weight is 369 g/mol. The molecule has 1 amide bonds. The molecular formula is C11H26NOTa. The third-order valence-electron chi connectivity index (χ3n) is 0. The molecule has 2 nitrogen and oxygen atoms in total. The first kappa shape index (κ1) is 36.8. The minimum absolute atomic E-state index is 0. The van der Waals surface area contributed by atoms with Gasteiger partial charge in [-0.1, -0.05) is 0 Å². The van der Waals surface area contributed by atoms with E-state index in [4.69, 9.17) is 10.5 Å². The van der Waals surface area contributed by atoms with E-state index < -0.39 is 0 Å². The molecule has 14 heavy (non-hydrogen) atoms. The summed E-state index contributed by atoms with van der Waals surface area (Å²) < 4.78 is 0. The van der Waals surface area contributed by atoms with Gasteiger partial charge in [0, 0.05) is 6.41 Å². The second-order valence-electron chi connectivity index (χ2n) is 1.62. The van der Waals surface area contributed by atoms with Gasteiger partial charge in [0.1, 0.15) is 0 Å². The second kappa shape index (κ2) is 111. The third kappa shape index (κ3) is 34700. The van der Waals surface area contributed by atoms with Crippen molar-refractivity contribution in [2.45, 2.75) is 41.5 Å². The largest absolute Gasteiger partial charge is 5.00 e. The summed E-state index contributed by atoms with van der Waals surface area (Å²) in [6.45, 7) is 21.2. The molecule has 0 radical (unpaired) electrons. The Morgan fingerprint density at radius 2 is 0.929 bits per heavy atom. The maximum absolute atomic E-state index is 8.47. The maximum atomic E-state index is 8.47. The van der Waals surface area contributed by atoms with Crippen molar-refractivity contribution in [1.82, 2.24) is 0 Å². The van der Waals surface area contributed by atoms with E-state index in [-0.39, 0.29) is 28.8 Å². The monoisotopic (exact) mass is 369 g/mol. The van der Waals surface area contributed by atoms with E-state index in [1.165, 1.54) is 5.92 Å². The van der Waals surface area contributed by atoms with E-state index in [0.717, 1.165) is 0 Å². The first-order valence-electron chi connectivity index (χ1n) is 4.15. The summed E-state index contributed by atoms with van der Waals surface area (Å²) in [6.07, 6.45) is 0. The smallest absolute Gasteiger partial charge is 0.671 e. The summed E-state index contributed by atoms with van der Waals surface area (Å²) in [6, 6.07) is 0. The van der Waals surface area contributed by atoms with E-state index in [1.54, 1.807) is 20.8 Å². The molecule has 0 aromatic heterocycles. The zero-order valence-electron chi connectivity index (χ0n) is 10.6. The minimum Gasteiger partial charge on any atom is -0.671 e. The first-order valence-corrected chi connectivity index (χ1v) is 4.15. The van der Waals surface area contributed by atoms with Gasteiger partial charge in [-0.15, -0.1) is 0 Å². The van der Waals surface area contributed by atoms with Crippen molar-refractivity contribution in [3.05, 3.63) is 32.4 Å². The molecule has 0 atom stereocenters. The fourth-order valence-corrected chi connectivity index (χ4v) is 0. The van der Waals surface area contributed by atoms with Crippen molar-refractivity contribution in [2.75, 3.05) is 0 Å². The molecule has 0 bridgehead atoms. The van der Waals surface area contributed by atoms with Gasteiger partial charge in [-0.2, -0.15) is 41.5 Å². The van der Waals surface area contributed by atoms with Gasteiger partial charge >= 0.3 is 22.4 Å². The summed E-state index contributed by atoms with van der Waals surface area (Å²) in [5, 5.41) is 0. The molecule has 0 aliphatic carbocycles. The van der Waals surface area contributed by atoms with E-state index in [0.29, 0.717) is 0 Å². The molecule has 1 N–H and O–H groups in total. The van der Waals surface area contributed by atoms with Crippen molar-refractivity contribution in [2.24, 2.45) is 0 Å². The molecule has 0 heterocycles. The van der Waals surface area contributed by atoms with Crippen LogP contribution in [0.4, 0.5) is 0 Å². The summed E-state index contributed by atoms with van der Waals surface area (Å²) in [5.41, 5.74) is 5.53. The number of carbonyl (C=O) groups is 1. The Kier molecular flexibility index (Phi) is 292. The Labute approximate surface area is 108 Å². The SMILES string of the molecule is C[C-](C)C.[CH2-]C.[CH2-]C.[CH2-]C.[NH-]C=O.[Ta+5]. The van der Waals surface area contributed by atoms with Crippen LogP contribution in [0.2, 0.25) is 0 Å². The number of carbonyl (C=O) groups excluding carboxylic acids is 1. The molecule has 0 saturated carbocycles. The Morgan fingerprint density at radius 3 is 0.929 bits per heavy atom. The third-order valence-corrected chi connectivity index (χ3v) is 0. The molecule has 0 fully saturated rings. The molecule has 0 rings (SSSR count). The van der Waals surface area contributed by atoms with Crippen molar-refractivity contribution in [3.63, 3.8) is 0 Å². The molecule has 86 valence electrons. The maximum Gasteiger partial charge on any atom is 5.00 e. The minimum atomic E-state index is 0. The van der Waals surface area contributed by atoms with Crippen molar-refractivity contribution in [1.29, 1.82) is 0 Å². The van der Waals surface area contributed by atoms with Gasteiger partial charge in [0.05, 0.1) is 0 Å². The average Bonchev–Trinajstić information content (AvgIpc) is 2.14. The van der Waals surface area contributed by atoms with Gasteiger partial charge in [-0.3, -0.25) is 0 Å². The van der Waals surface area contributed by atoms with Gasteiger partial charge < -0.3 is 37.2 Å². The van der Waals surface area contributed by atoms with Crippen LogP contribution in [0.5, 0.6) is 0 Å². The fraction of sp³-hybridized carbons (Fsp3) is 0.545. The molecule has 0 saturated heterocycles. The number of amides is 1. The van der Waals surface area contributed by atoms with Gasteiger partial charge in [-0.05, 0) is 0 Å². The van der Waals surface area contributed by atoms with Crippen LogP contribution in [0, 0.1) is 26.7 Å². The summed E-state index contributed by atoms with van der Waals surface area (Å²) in [4.78, 5) is 8.47. The quantitative estimate of drug-likeness (QED) is 0.463. The summed E-state index contributed by atoms with van der Waals surface area (Å²) in [5.74, 6) is 1.42. The summed E-state index contributed by atoms with van der Waals surface area (Å²) in [7, 11) is 0. The standard InChI is InChI=1S/C4H9.3C2H5.CH3NO.Ta/c1-4(2)3;3*1-2;2-1-3;/h1-3H3;3*1H2,2H3;1H,(H2,2,3);/q4*-1;;+5/p-1. The first-order chi connectivity index (χ1) is 6.15. The number of hydrogen-bond donors (Lipinski definition) is 0. The van der Waals surface area contributed by atoms with Gasteiger partial charge in [0.15, 0.2) is 0 Å². The van der Waals surface area contributed by atoms with E-state index in [9.17, 15) is 0 Å². The van der Waals surface area contributed by atoms with Crippen molar-refractivity contribution < 1.29 is 27.2 Å². The zero-order chi connectivity index (χ0) is 12.3. The summed E-state index contributed by atoms with van der Waals surface area (Å²) >= 11 is 0. The van der Waals surface area contributed by atoms with Crippen LogP contribution in [0.3, 0.4) is 0 Å². The van der Waals surface area contributed by atoms with Crippen molar-refractivity contribution in [3.8, 4) is 0 Å². The van der Waals surface area contributed by atoms with Crippen LogP contribution >= 0.6 is 0 Å². The van der Waals surface area contributed by atoms with Crippen LogP contribution in [-0.4, -0.2) is 6.41 Å². The number of nitrogens with one attached hydrogen (secondary N) is 1.